The number of aromatic amines is 1. The molecule has 0 radical (unpaired) electrons. The predicted octanol–water partition coefficient (Wildman–Crippen LogP) is 3.83. The molecule has 3 rings (SSSR count). The van der Waals surface area contributed by atoms with Crippen LogP contribution in [0.25, 0.3) is 10.9 Å². The number of rotatable bonds is 3. The largest absolute Gasteiger partial charge is 0.342 e. The summed E-state index contributed by atoms with van der Waals surface area (Å²) in [6, 6.07) is 13.1. The van der Waals surface area contributed by atoms with E-state index in [1.54, 1.807) is 0 Å². The number of nitrogens with one attached hydrogen (secondary N) is 2. The van der Waals surface area contributed by atoms with Gasteiger partial charge in [0, 0.05) is 17.8 Å². The first-order valence-electron chi connectivity index (χ1n) is 6.38. The predicted molar refractivity (Wildman–Crippen MR) is 86.0 cm³/mol. The van der Waals surface area contributed by atoms with Gasteiger partial charge in [-0.3, -0.25) is 14.9 Å². The molecule has 0 aliphatic rings. The van der Waals surface area contributed by atoms with Crippen LogP contribution in [0.5, 0.6) is 0 Å². The number of H-pyrrole nitrogens is 1. The van der Waals surface area contributed by atoms with Gasteiger partial charge in [-0.2, -0.15) is 0 Å². The van der Waals surface area contributed by atoms with Gasteiger partial charge in [0.25, 0.3) is 5.69 Å². The zero-order valence-corrected chi connectivity index (χ0v) is 11.9. The van der Waals surface area contributed by atoms with E-state index in [9.17, 15) is 14.9 Å². The molecule has 0 unspecified atom stereocenters. The number of pyridine rings is 1. The summed E-state index contributed by atoms with van der Waals surface area (Å²) in [4.78, 5) is 25.6. The second-order valence-corrected chi connectivity index (χ2v) is 5.02. The van der Waals surface area contributed by atoms with Crippen molar-refractivity contribution in [2.75, 3.05) is 5.32 Å². The van der Waals surface area contributed by atoms with Gasteiger partial charge < -0.3 is 10.3 Å². The standard InChI is InChI=1S/C15H10ClN3O3/c16-10-6-7-11(19(21)22)14-12(20)8-13(18-15(10)14)17-9-4-2-1-3-5-9/h1-8H,(H2,17,18,20). The first kappa shape index (κ1) is 14.1. The number of anilines is 2. The fraction of sp³-hybridized carbons (Fsp3) is 0. The Kier molecular flexibility index (Phi) is 3.52. The van der Waals surface area contributed by atoms with Crippen LogP contribution in [-0.2, 0) is 0 Å². The van der Waals surface area contributed by atoms with E-state index in [4.69, 9.17) is 11.6 Å². The van der Waals surface area contributed by atoms with Gasteiger partial charge in [-0.05, 0) is 18.2 Å². The van der Waals surface area contributed by atoms with Crippen molar-refractivity contribution in [3.8, 4) is 0 Å². The maximum absolute atomic E-state index is 12.2. The van der Waals surface area contributed by atoms with Gasteiger partial charge >= 0.3 is 0 Å². The number of nitrogens with zero attached hydrogens (tertiary/aromatic N) is 1. The number of para-hydroxylation sites is 1. The Labute approximate surface area is 129 Å². The molecule has 0 aliphatic carbocycles. The van der Waals surface area contributed by atoms with E-state index in [-0.39, 0.29) is 21.6 Å². The van der Waals surface area contributed by atoms with Crippen molar-refractivity contribution >= 4 is 39.7 Å². The van der Waals surface area contributed by atoms with Crippen LogP contribution in [0.4, 0.5) is 17.2 Å². The molecule has 0 spiro atoms. The minimum Gasteiger partial charge on any atom is -0.342 e. The number of nitro benzene ring substituents is 1. The number of hydrogen-bond donors (Lipinski definition) is 2. The van der Waals surface area contributed by atoms with Gasteiger partial charge in [-0.1, -0.05) is 29.8 Å². The summed E-state index contributed by atoms with van der Waals surface area (Å²) in [7, 11) is 0. The summed E-state index contributed by atoms with van der Waals surface area (Å²) in [5.41, 5.74) is 0.272. The Hall–Kier alpha value is -2.86. The van der Waals surface area contributed by atoms with E-state index >= 15 is 0 Å². The lowest BCUT2D eigenvalue weighted by atomic mass is 10.1. The van der Waals surface area contributed by atoms with Crippen molar-refractivity contribution in [2.24, 2.45) is 0 Å². The summed E-state index contributed by atoms with van der Waals surface area (Å²) < 4.78 is 0. The second kappa shape index (κ2) is 5.50. The molecule has 2 N–H and O–H groups in total. The van der Waals surface area contributed by atoms with Crippen LogP contribution >= 0.6 is 11.6 Å². The lowest BCUT2D eigenvalue weighted by Gasteiger charge is -2.08. The smallest absolute Gasteiger partial charge is 0.282 e. The van der Waals surface area contributed by atoms with E-state index in [1.807, 2.05) is 30.3 Å². The van der Waals surface area contributed by atoms with E-state index in [1.165, 1.54) is 18.2 Å². The number of hydrogen-bond acceptors (Lipinski definition) is 4. The van der Waals surface area contributed by atoms with Crippen molar-refractivity contribution in [1.29, 1.82) is 0 Å². The van der Waals surface area contributed by atoms with Crippen molar-refractivity contribution in [2.45, 2.75) is 0 Å². The van der Waals surface area contributed by atoms with Crippen molar-refractivity contribution in [3.63, 3.8) is 0 Å². The molecular formula is C15H10ClN3O3. The highest BCUT2D eigenvalue weighted by Crippen LogP contribution is 2.28. The highest BCUT2D eigenvalue weighted by Gasteiger charge is 2.18. The van der Waals surface area contributed by atoms with Crippen LogP contribution in [0, 0.1) is 10.1 Å². The lowest BCUT2D eigenvalue weighted by Crippen LogP contribution is -2.07. The van der Waals surface area contributed by atoms with Gasteiger partial charge in [0.1, 0.15) is 11.2 Å². The number of non-ortho nitro benzene ring substituents is 1. The van der Waals surface area contributed by atoms with Gasteiger partial charge in [0.2, 0.25) is 0 Å². The maximum Gasteiger partial charge on any atom is 0.282 e. The molecule has 0 atom stereocenters. The first-order chi connectivity index (χ1) is 10.6. The van der Waals surface area contributed by atoms with E-state index in [2.05, 4.69) is 10.3 Å². The Bertz CT molecular complexity index is 922. The molecule has 1 aromatic heterocycles. The number of fused-ring (bicyclic) bond motifs is 1. The quantitative estimate of drug-likeness (QED) is 0.568. The number of aromatic nitrogens is 1. The Morgan fingerprint density at radius 2 is 1.86 bits per heavy atom. The summed E-state index contributed by atoms with van der Waals surface area (Å²) in [6.07, 6.45) is 0. The maximum atomic E-state index is 12.2. The topological polar surface area (TPSA) is 88.0 Å². The lowest BCUT2D eigenvalue weighted by molar-refractivity contribution is -0.383. The minimum absolute atomic E-state index is 0.0314. The van der Waals surface area contributed by atoms with Gasteiger partial charge in [-0.15, -0.1) is 0 Å². The average molecular weight is 316 g/mol. The molecule has 0 saturated carbocycles. The molecule has 0 bridgehead atoms. The van der Waals surface area contributed by atoms with Crippen LogP contribution in [0.3, 0.4) is 0 Å². The molecule has 3 aromatic rings. The molecule has 0 amide bonds. The zero-order chi connectivity index (χ0) is 15.7. The number of benzene rings is 2. The van der Waals surface area contributed by atoms with Crippen LogP contribution in [0.15, 0.2) is 53.3 Å². The minimum atomic E-state index is -0.599. The monoisotopic (exact) mass is 315 g/mol. The molecule has 0 aliphatic heterocycles. The van der Waals surface area contributed by atoms with Crippen molar-refractivity contribution < 1.29 is 4.92 Å². The highest BCUT2D eigenvalue weighted by molar-refractivity contribution is 6.35. The molecule has 7 heteroatoms. The summed E-state index contributed by atoms with van der Waals surface area (Å²) in [5.74, 6) is 0.408. The Balaban J connectivity index is 2.19. The molecular weight excluding hydrogens is 306 g/mol. The van der Waals surface area contributed by atoms with Crippen LogP contribution in [0.1, 0.15) is 0 Å². The van der Waals surface area contributed by atoms with Gasteiger partial charge in [-0.25, -0.2) is 0 Å². The van der Waals surface area contributed by atoms with Gasteiger partial charge in [0.15, 0.2) is 5.43 Å². The molecule has 22 heavy (non-hydrogen) atoms. The summed E-state index contributed by atoms with van der Waals surface area (Å²) >= 11 is 6.06. The van der Waals surface area contributed by atoms with Crippen LogP contribution < -0.4 is 10.7 Å². The third kappa shape index (κ3) is 2.51. The highest BCUT2D eigenvalue weighted by atomic mass is 35.5. The van der Waals surface area contributed by atoms with Crippen molar-refractivity contribution in [1.82, 2.24) is 4.98 Å². The van der Waals surface area contributed by atoms with E-state index in [0.29, 0.717) is 5.82 Å². The fourth-order valence-electron chi connectivity index (χ4n) is 2.21. The number of halogens is 1. The second-order valence-electron chi connectivity index (χ2n) is 4.61. The third-order valence-corrected chi connectivity index (χ3v) is 3.48. The van der Waals surface area contributed by atoms with Crippen molar-refractivity contribution in [3.05, 3.63) is 73.9 Å². The molecule has 0 fully saturated rings. The molecule has 1 heterocycles. The van der Waals surface area contributed by atoms with E-state index in [0.717, 1.165) is 5.69 Å². The molecule has 2 aromatic carbocycles. The zero-order valence-electron chi connectivity index (χ0n) is 11.2. The first-order valence-corrected chi connectivity index (χ1v) is 6.76. The fourth-order valence-corrected chi connectivity index (χ4v) is 2.41. The normalized spacial score (nSPS) is 10.6. The van der Waals surface area contributed by atoms with Gasteiger partial charge in [0.05, 0.1) is 15.5 Å². The Morgan fingerprint density at radius 3 is 2.55 bits per heavy atom. The van der Waals surface area contributed by atoms with Crippen LogP contribution in [0.2, 0.25) is 5.02 Å². The number of nitro groups is 1. The Morgan fingerprint density at radius 1 is 1.14 bits per heavy atom. The van der Waals surface area contributed by atoms with E-state index < -0.39 is 10.4 Å². The molecule has 0 saturated heterocycles. The molecule has 110 valence electrons. The third-order valence-electron chi connectivity index (χ3n) is 3.16. The average Bonchev–Trinajstić information content (AvgIpc) is 2.49. The SMILES string of the molecule is O=c1cc(Nc2ccccc2)[nH]c2c(Cl)ccc([N+](=O)[O-])c12. The molecule has 6 nitrogen and oxygen atoms in total. The summed E-state index contributed by atoms with van der Waals surface area (Å²) in [5, 5.41) is 14.3. The summed E-state index contributed by atoms with van der Waals surface area (Å²) in [6.45, 7) is 0. The van der Waals surface area contributed by atoms with Crippen LogP contribution in [-0.4, -0.2) is 9.91 Å².